The highest BCUT2D eigenvalue weighted by atomic mass is 35.5. The summed E-state index contributed by atoms with van der Waals surface area (Å²) in [5, 5.41) is 1.99. The Morgan fingerprint density at radius 1 is 0.960 bits per heavy atom. The van der Waals surface area contributed by atoms with Crippen molar-refractivity contribution >= 4 is 40.2 Å². The van der Waals surface area contributed by atoms with E-state index in [-0.39, 0.29) is 0 Å². The van der Waals surface area contributed by atoms with Gasteiger partial charge in [-0.3, -0.25) is 4.99 Å². The Morgan fingerprint density at radius 3 is 2.44 bits per heavy atom. The van der Waals surface area contributed by atoms with Crippen molar-refractivity contribution in [2.45, 2.75) is 19.3 Å². The summed E-state index contributed by atoms with van der Waals surface area (Å²) in [4.78, 5) is 7.22. The van der Waals surface area contributed by atoms with E-state index in [4.69, 9.17) is 16.6 Å². The molecule has 25 heavy (non-hydrogen) atoms. The van der Waals surface area contributed by atoms with Crippen molar-refractivity contribution in [3.63, 3.8) is 0 Å². The third-order valence-electron chi connectivity index (χ3n) is 4.94. The smallest absolute Gasteiger partial charge is 0.118 e. The molecular weight excluding hydrogens is 330 g/mol. The highest BCUT2D eigenvalue weighted by molar-refractivity contribution is 6.30. The zero-order valence-electron chi connectivity index (χ0n) is 14.5. The van der Waals surface area contributed by atoms with Crippen molar-refractivity contribution in [3.8, 4) is 0 Å². The first kappa shape index (κ1) is 16.2. The Morgan fingerprint density at radius 2 is 1.68 bits per heavy atom. The molecule has 1 aromatic heterocycles. The molecule has 0 N–H and O–H groups in total. The second kappa shape index (κ2) is 6.93. The zero-order valence-corrected chi connectivity index (χ0v) is 15.2. The lowest BCUT2D eigenvalue weighted by Gasteiger charge is -2.29. The van der Waals surface area contributed by atoms with E-state index in [1.807, 2.05) is 30.5 Å². The lowest BCUT2D eigenvalue weighted by molar-refractivity contribution is 0.568. The van der Waals surface area contributed by atoms with Gasteiger partial charge in [-0.2, -0.15) is 0 Å². The first-order valence-corrected chi connectivity index (χ1v) is 9.24. The average molecular weight is 352 g/mol. The van der Waals surface area contributed by atoms with Crippen LogP contribution in [-0.2, 0) is 7.05 Å². The molecule has 0 unspecified atom stereocenters. The van der Waals surface area contributed by atoms with E-state index in [0.29, 0.717) is 0 Å². The summed E-state index contributed by atoms with van der Waals surface area (Å²) in [5.41, 5.74) is 3.37. The van der Waals surface area contributed by atoms with E-state index < -0.39 is 0 Å². The minimum Gasteiger partial charge on any atom is -0.357 e. The molecule has 1 saturated heterocycles. The number of halogens is 1. The molecule has 0 bridgehead atoms. The van der Waals surface area contributed by atoms with Crippen LogP contribution < -0.4 is 4.90 Å². The fraction of sp³-hybridized carbons (Fsp3) is 0.286. The third kappa shape index (κ3) is 3.16. The molecule has 1 aliphatic rings. The summed E-state index contributed by atoms with van der Waals surface area (Å²) in [6.07, 6.45) is 5.86. The van der Waals surface area contributed by atoms with Gasteiger partial charge in [0.15, 0.2) is 0 Å². The Bertz CT molecular complexity index is 903. The molecule has 0 saturated carbocycles. The fourth-order valence-corrected chi connectivity index (χ4v) is 3.82. The maximum atomic E-state index is 5.98. The van der Waals surface area contributed by atoms with Gasteiger partial charge in [0, 0.05) is 42.3 Å². The molecule has 2 aromatic carbocycles. The molecule has 3 aromatic rings. The number of aliphatic imine (C=N–C) groups is 1. The number of rotatable bonds is 3. The number of hydrogen-bond donors (Lipinski definition) is 0. The maximum absolute atomic E-state index is 5.98. The molecular formula is C21H22ClN3. The summed E-state index contributed by atoms with van der Waals surface area (Å²) < 4.78 is 2.31. The van der Waals surface area contributed by atoms with Gasteiger partial charge in [0.05, 0.1) is 11.2 Å². The van der Waals surface area contributed by atoms with Crippen LogP contribution in [0, 0.1) is 0 Å². The number of aryl methyl sites for hydroxylation is 1. The van der Waals surface area contributed by atoms with Crippen molar-refractivity contribution in [2.24, 2.45) is 12.0 Å². The molecule has 1 aliphatic heterocycles. The molecule has 1 fully saturated rings. The highest BCUT2D eigenvalue weighted by Gasteiger charge is 2.20. The first-order valence-electron chi connectivity index (χ1n) is 8.86. The highest BCUT2D eigenvalue weighted by Crippen LogP contribution is 2.32. The van der Waals surface area contributed by atoms with Gasteiger partial charge in [-0.25, -0.2) is 0 Å². The van der Waals surface area contributed by atoms with Crippen LogP contribution in [0.25, 0.3) is 10.9 Å². The van der Waals surface area contributed by atoms with Crippen LogP contribution in [0.5, 0.6) is 0 Å². The maximum Gasteiger partial charge on any atom is 0.118 e. The number of hydrogen-bond acceptors (Lipinski definition) is 2. The average Bonchev–Trinajstić information content (AvgIpc) is 2.94. The Balaban J connectivity index is 1.81. The van der Waals surface area contributed by atoms with Crippen LogP contribution in [-0.4, -0.2) is 23.9 Å². The van der Waals surface area contributed by atoms with Gasteiger partial charge < -0.3 is 9.47 Å². The molecule has 0 aliphatic carbocycles. The lowest BCUT2D eigenvalue weighted by atomic mass is 10.1. The second-order valence-electron chi connectivity index (χ2n) is 6.60. The minimum atomic E-state index is 0.734. The van der Waals surface area contributed by atoms with Gasteiger partial charge in [-0.1, -0.05) is 29.8 Å². The van der Waals surface area contributed by atoms with Crippen LogP contribution in [0.1, 0.15) is 24.8 Å². The van der Waals surface area contributed by atoms with Crippen LogP contribution in [0.15, 0.2) is 53.5 Å². The van der Waals surface area contributed by atoms with Crippen LogP contribution >= 0.6 is 11.6 Å². The van der Waals surface area contributed by atoms with Gasteiger partial charge >= 0.3 is 0 Å². The minimum absolute atomic E-state index is 0.734. The summed E-state index contributed by atoms with van der Waals surface area (Å²) in [6, 6.07) is 16.2. The van der Waals surface area contributed by atoms with E-state index in [1.165, 1.54) is 41.5 Å². The van der Waals surface area contributed by atoms with E-state index in [0.717, 1.165) is 23.8 Å². The number of piperidine rings is 1. The van der Waals surface area contributed by atoms with E-state index >= 15 is 0 Å². The van der Waals surface area contributed by atoms with Gasteiger partial charge in [0.1, 0.15) is 5.82 Å². The van der Waals surface area contributed by atoms with Gasteiger partial charge in [0.2, 0.25) is 0 Å². The molecule has 4 rings (SSSR count). The van der Waals surface area contributed by atoms with Crippen LogP contribution in [0.2, 0.25) is 5.02 Å². The number of aromatic nitrogens is 1. The lowest BCUT2D eigenvalue weighted by Crippen LogP contribution is -2.31. The number of nitrogens with zero attached hydrogens (tertiary/aromatic N) is 3. The largest absolute Gasteiger partial charge is 0.357 e. The van der Waals surface area contributed by atoms with Gasteiger partial charge in [0.25, 0.3) is 0 Å². The summed E-state index contributed by atoms with van der Waals surface area (Å²) >= 11 is 5.98. The monoisotopic (exact) mass is 351 g/mol. The Hall–Kier alpha value is -2.26. The third-order valence-corrected chi connectivity index (χ3v) is 5.19. The summed E-state index contributed by atoms with van der Waals surface area (Å²) in [6.45, 7) is 2.23. The van der Waals surface area contributed by atoms with E-state index in [2.05, 4.69) is 40.8 Å². The summed E-state index contributed by atoms with van der Waals surface area (Å²) in [5.74, 6) is 1.28. The van der Waals surface area contributed by atoms with E-state index in [1.54, 1.807) is 0 Å². The van der Waals surface area contributed by atoms with Crippen molar-refractivity contribution in [1.29, 1.82) is 0 Å². The number of anilines is 1. The number of benzene rings is 2. The Kier molecular flexibility index (Phi) is 4.50. The van der Waals surface area contributed by atoms with Crippen molar-refractivity contribution < 1.29 is 0 Å². The SMILES string of the molecule is Cn1c(N2CCCCC2)c(C=Nc2ccc(Cl)cc2)c2ccccc21. The second-order valence-corrected chi connectivity index (χ2v) is 7.03. The molecule has 0 spiro atoms. The van der Waals surface area contributed by atoms with Gasteiger partial charge in [-0.05, 0) is 49.6 Å². The van der Waals surface area contributed by atoms with Crippen LogP contribution in [0.4, 0.5) is 11.5 Å². The predicted molar refractivity (Wildman–Crippen MR) is 108 cm³/mol. The van der Waals surface area contributed by atoms with Crippen molar-refractivity contribution in [2.75, 3.05) is 18.0 Å². The molecule has 0 amide bonds. The topological polar surface area (TPSA) is 20.5 Å². The Labute approximate surface area is 153 Å². The van der Waals surface area contributed by atoms with Crippen molar-refractivity contribution in [3.05, 3.63) is 59.1 Å². The standard InChI is InChI=1S/C21H22ClN3/c1-24-20-8-4-3-7-18(20)19(21(24)25-13-5-2-6-14-25)15-23-17-11-9-16(22)10-12-17/h3-4,7-12,15H,2,5-6,13-14H2,1H3. The number of fused-ring (bicyclic) bond motifs is 1. The molecule has 4 heteroatoms. The quantitative estimate of drug-likeness (QED) is 0.565. The normalized spacial score (nSPS) is 15.4. The predicted octanol–water partition coefficient (Wildman–Crippen LogP) is 5.57. The molecule has 3 nitrogen and oxygen atoms in total. The zero-order chi connectivity index (χ0) is 17.2. The number of para-hydroxylation sites is 1. The first-order chi connectivity index (χ1) is 12.2. The van der Waals surface area contributed by atoms with E-state index in [9.17, 15) is 0 Å². The molecule has 2 heterocycles. The summed E-state index contributed by atoms with van der Waals surface area (Å²) in [7, 11) is 2.16. The fourth-order valence-electron chi connectivity index (χ4n) is 3.69. The van der Waals surface area contributed by atoms with Crippen LogP contribution in [0.3, 0.4) is 0 Å². The van der Waals surface area contributed by atoms with Gasteiger partial charge in [-0.15, -0.1) is 0 Å². The molecule has 0 atom stereocenters. The molecule has 0 radical (unpaired) electrons. The molecule has 128 valence electrons. The van der Waals surface area contributed by atoms with Crippen molar-refractivity contribution in [1.82, 2.24) is 4.57 Å².